The first kappa shape index (κ1) is 7.47. The monoisotopic (exact) mass is 146 g/mol. The smallest absolute Gasteiger partial charge is 0.236 e. The van der Waals surface area contributed by atoms with E-state index in [1.54, 1.807) is 0 Å². The van der Waals surface area contributed by atoms with E-state index in [0.29, 0.717) is 6.42 Å². The molecule has 0 radical (unpaired) electrons. The van der Waals surface area contributed by atoms with Gasteiger partial charge in [-0.3, -0.25) is 9.80 Å². The number of alkyl halides is 1. The zero-order valence-electron chi connectivity index (χ0n) is 5.77. The molecule has 1 heterocycles. The van der Waals surface area contributed by atoms with Crippen molar-refractivity contribution < 1.29 is 9.18 Å². The van der Waals surface area contributed by atoms with E-state index in [9.17, 15) is 9.18 Å². The van der Waals surface area contributed by atoms with Gasteiger partial charge in [0.2, 0.25) is 5.91 Å². The normalized spacial score (nSPS) is 18.5. The van der Waals surface area contributed by atoms with E-state index in [-0.39, 0.29) is 12.5 Å². The van der Waals surface area contributed by atoms with Gasteiger partial charge in [0.05, 0.1) is 0 Å². The lowest BCUT2D eigenvalue weighted by molar-refractivity contribution is -0.130. The number of halogens is 1. The maximum absolute atomic E-state index is 11.6. The summed E-state index contributed by atoms with van der Waals surface area (Å²) >= 11 is 0. The second-order valence-electron chi connectivity index (χ2n) is 2.25. The number of hydrogen-bond acceptors (Lipinski definition) is 2. The third kappa shape index (κ3) is 1.67. The van der Waals surface area contributed by atoms with E-state index in [2.05, 4.69) is 5.43 Å². The first-order valence-electron chi connectivity index (χ1n) is 3.44. The molecule has 58 valence electrons. The Kier molecular flexibility index (Phi) is 2.62. The fraction of sp³-hybridized carbons (Fsp3) is 0.833. The van der Waals surface area contributed by atoms with E-state index >= 15 is 0 Å². The number of hydrogen-bond donors (Lipinski definition) is 1. The quantitative estimate of drug-likeness (QED) is 0.611. The average Bonchev–Trinajstić information content (AvgIpc) is 2.31. The molecule has 0 spiro atoms. The fourth-order valence-electron chi connectivity index (χ4n) is 0.993. The van der Waals surface area contributed by atoms with Crippen LogP contribution in [0.15, 0.2) is 0 Å². The molecule has 0 aromatic heterocycles. The highest BCUT2D eigenvalue weighted by Gasteiger charge is 2.18. The molecule has 4 heteroatoms. The Morgan fingerprint density at radius 1 is 1.70 bits per heavy atom. The third-order valence-electron chi connectivity index (χ3n) is 1.47. The summed E-state index contributed by atoms with van der Waals surface area (Å²) < 4.78 is 11.6. The van der Waals surface area contributed by atoms with Crippen molar-refractivity contribution in [2.75, 3.05) is 19.8 Å². The summed E-state index contributed by atoms with van der Waals surface area (Å²) in [7, 11) is 0. The van der Waals surface area contributed by atoms with E-state index in [1.165, 1.54) is 5.01 Å². The van der Waals surface area contributed by atoms with Crippen LogP contribution in [0.3, 0.4) is 0 Å². The van der Waals surface area contributed by atoms with Crippen molar-refractivity contribution in [1.82, 2.24) is 10.4 Å². The number of nitrogens with one attached hydrogen (secondary N) is 1. The zero-order chi connectivity index (χ0) is 7.40. The highest BCUT2D eigenvalue weighted by atomic mass is 19.1. The molecule has 1 aliphatic rings. The van der Waals surface area contributed by atoms with Crippen molar-refractivity contribution in [3.05, 3.63) is 0 Å². The van der Waals surface area contributed by atoms with Crippen LogP contribution < -0.4 is 5.43 Å². The van der Waals surface area contributed by atoms with Crippen LogP contribution in [0.4, 0.5) is 4.39 Å². The van der Waals surface area contributed by atoms with Gasteiger partial charge in [-0.15, -0.1) is 0 Å². The predicted octanol–water partition coefficient (Wildman–Crippen LogP) is 0.0829. The predicted molar refractivity (Wildman–Crippen MR) is 34.9 cm³/mol. The largest absolute Gasteiger partial charge is 0.278 e. The van der Waals surface area contributed by atoms with Gasteiger partial charge in [-0.25, -0.2) is 9.82 Å². The van der Waals surface area contributed by atoms with E-state index in [4.69, 9.17) is 0 Å². The molecule has 0 aliphatic carbocycles. The molecule has 0 aromatic rings. The lowest BCUT2D eigenvalue weighted by Gasteiger charge is -2.14. The minimum absolute atomic E-state index is 0.0773. The molecule has 1 saturated heterocycles. The third-order valence-corrected chi connectivity index (χ3v) is 1.47. The minimum atomic E-state index is -0.427. The summed E-state index contributed by atoms with van der Waals surface area (Å²) in [6, 6.07) is 0. The first-order valence-corrected chi connectivity index (χ1v) is 3.44. The Balaban J connectivity index is 2.20. The highest BCUT2D eigenvalue weighted by molar-refractivity contribution is 5.77. The number of nitrogens with zero attached hydrogens (tertiary/aromatic N) is 1. The Hall–Kier alpha value is -0.640. The van der Waals surface area contributed by atoms with Crippen LogP contribution in [0.25, 0.3) is 0 Å². The number of carbonyl (C=O) groups excluding carboxylic acids is 1. The maximum atomic E-state index is 11.6. The maximum Gasteiger partial charge on any atom is 0.236 e. The molecular weight excluding hydrogens is 135 g/mol. The summed E-state index contributed by atoms with van der Waals surface area (Å²) in [5, 5.41) is 1.49. The zero-order valence-corrected chi connectivity index (χ0v) is 5.77. The number of rotatable bonds is 3. The van der Waals surface area contributed by atoms with E-state index < -0.39 is 6.67 Å². The van der Waals surface area contributed by atoms with Crippen LogP contribution in [-0.4, -0.2) is 30.7 Å². The van der Waals surface area contributed by atoms with Gasteiger partial charge in [-0.05, 0) is 6.42 Å². The van der Waals surface area contributed by atoms with Gasteiger partial charge in [-0.2, -0.15) is 0 Å². The molecule has 1 rings (SSSR count). The average molecular weight is 146 g/mol. The molecule has 0 unspecified atom stereocenters. The molecule has 0 aromatic carbocycles. The number of carbonyl (C=O) groups is 1. The molecule has 1 amide bonds. The topological polar surface area (TPSA) is 32.3 Å². The first-order chi connectivity index (χ1) is 4.84. The van der Waals surface area contributed by atoms with Crippen LogP contribution in [-0.2, 0) is 4.79 Å². The van der Waals surface area contributed by atoms with Crippen molar-refractivity contribution in [1.29, 1.82) is 0 Å². The Bertz CT molecular complexity index is 129. The summed E-state index contributed by atoms with van der Waals surface area (Å²) in [5.74, 6) is 0.0773. The van der Waals surface area contributed by atoms with E-state index in [1.807, 2.05) is 0 Å². The van der Waals surface area contributed by atoms with Crippen molar-refractivity contribution in [3.63, 3.8) is 0 Å². The molecular formula is C6H11FN2O. The molecule has 0 saturated carbocycles. The van der Waals surface area contributed by atoms with Crippen molar-refractivity contribution in [2.45, 2.75) is 12.8 Å². The lowest BCUT2D eigenvalue weighted by Crippen LogP contribution is -2.39. The minimum Gasteiger partial charge on any atom is -0.278 e. The van der Waals surface area contributed by atoms with Crippen LogP contribution in [0.1, 0.15) is 12.8 Å². The molecule has 3 nitrogen and oxygen atoms in total. The molecule has 10 heavy (non-hydrogen) atoms. The number of hydrazine groups is 1. The SMILES string of the molecule is O=C1CCCN1NCCF. The van der Waals surface area contributed by atoms with Crippen molar-refractivity contribution in [2.24, 2.45) is 0 Å². The van der Waals surface area contributed by atoms with Gasteiger partial charge >= 0.3 is 0 Å². The fourth-order valence-corrected chi connectivity index (χ4v) is 0.993. The van der Waals surface area contributed by atoms with Gasteiger partial charge in [0.1, 0.15) is 6.67 Å². The van der Waals surface area contributed by atoms with Crippen LogP contribution in [0.5, 0.6) is 0 Å². The summed E-state index contributed by atoms with van der Waals surface area (Å²) in [6.07, 6.45) is 1.48. The molecule has 1 N–H and O–H groups in total. The van der Waals surface area contributed by atoms with Gasteiger partial charge in [0.15, 0.2) is 0 Å². The van der Waals surface area contributed by atoms with E-state index in [0.717, 1.165) is 13.0 Å². The molecule has 0 atom stereocenters. The second-order valence-corrected chi connectivity index (χ2v) is 2.25. The van der Waals surface area contributed by atoms with Crippen LogP contribution in [0.2, 0.25) is 0 Å². The van der Waals surface area contributed by atoms with Crippen molar-refractivity contribution >= 4 is 5.91 Å². The standard InChI is InChI=1S/C6H11FN2O/c7-3-4-8-9-5-1-2-6(9)10/h8H,1-5H2. The lowest BCUT2D eigenvalue weighted by atomic mass is 10.4. The Morgan fingerprint density at radius 3 is 3.00 bits per heavy atom. The van der Waals surface area contributed by atoms with Gasteiger partial charge < -0.3 is 0 Å². The summed E-state index contributed by atoms with van der Waals surface area (Å²) in [4.78, 5) is 10.8. The highest BCUT2D eigenvalue weighted by Crippen LogP contribution is 2.05. The molecule has 1 aliphatic heterocycles. The van der Waals surface area contributed by atoms with Crippen LogP contribution >= 0.6 is 0 Å². The number of amides is 1. The summed E-state index contributed by atoms with van der Waals surface area (Å²) in [6.45, 7) is 0.536. The summed E-state index contributed by atoms with van der Waals surface area (Å²) in [5.41, 5.74) is 2.69. The Morgan fingerprint density at radius 2 is 2.50 bits per heavy atom. The molecule has 0 bridgehead atoms. The Labute approximate surface area is 59.2 Å². The van der Waals surface area contributed by atoms with Gasteiger partial charge in [0.25, 0.3) is 0 Å². The molecule has 1 fully saturated rings. The van der Waals surface area contributed by atoms with Gasteiger partial charge in [0, 0.05) is 19.5 Å². The second kappa shape index (κ2) is 3.51. The van der Waals surface area contributed by atoms with Crippen LogP contribution in [0, 0.1) is 0 Å². The van der Waals surface area contributed by atoms with Gasteiger partial charge in [-0.1, -0.05) is 0 Å². The van der Waals surface area contributed by atoms with Crippen molar-refractivity contribution in [3.8, 4) is 0 Å².